The van der Waals surface area contributed by atoms with Crippen LogP contribution < -0.4 is 15.4 Å². The molecule has 3 aromatic rings. The van der Waals surface area contributed by atoms with Crippen LogP contribution in [0.5, 0.6) is 5.75 Å². The maximum atomic E-state index is 14.8. The number of nitrogens with zero attached hydrogens (tertiary/aromatic N) is 2. The van der Waals surface area contributed by atoms with E-state index in [1.165, 1.54) is 43.6 Å². The second-order valence-corrected chi connectivity index (χ2v) is 8.56. The van der Waals surface area contributed by atoms with Crippen LogP contribution in [0.3, 0.4) is 0 Å². The van der Waals surface area contributed by atoms with E-state index in [4.69, 9.17) is 33.3 Å². The Bertz CT molecular complexity index is 1310. The van der Waals surface area contributed by atoms with Gasteiger partial charge in [0.05, 0.1) is 28.9 Å². The van der Waals surface area contributed by atoms with Crippen molar-refractivity contribution >= 4 is 52.4 Å². The van der Waals surface area contributed by atoms with Gasteiger partial charge < -0.3 is 20.3 Å². The largest absolute Gasteiger partial charge is 0.494 e. The molecule has 0 spiro atoms. The molecule has 0 unspecified atom stereocenters. The number of hydrogen-bond acceptors (Lipinski definition) is 5. The second kappa shape index (κ2) is 10.3. The number of amides is 2. The number of ether oxygens (including phenoxy) is 1. The highest BCUT2D eigenvalue weighted by Gasteiger charge is 2.24. The summed E-state index contributed by atoms with van der Waals surface area (Å²) in [5.41, 5.74) is 0.104. The van der Waals surface area contributed by atoms with Gasteiger partial charge in [-0.2, -0.15) is 0 Å². The molecule has 8 nitrogen and oxygen atoms in total. The molecule has 0 bridgehead atoms. The summed E-state index contributed by atoms with van der Waals surface area (Å²) in [5.74, 6) is -1.69. The lowest BCUT2D eigenvalue weighted by Crippen LogP contribution is -2.42. The van der Waals surface area contributed by atoms with E-state index in [9.17, 15) is 14.0 Å². The molecule has 1 fully saturated rings. The molecule has 0 radical (unpaired) electrons. The topological polar surface area (TPSA) is 107 Å². The maximum absolute atomic E-state index is 14.8. The summed E-state index contributed by atoms with van der Waals surface area (Å²) in [5, 5.41) is 13.9. The summed E-state index contributed by atoms with van der Waals surface area (Å²) in [6, 6.07) is 9.79. The first-order valence-corrected chi connectivity index (χ1v) is 11.3. The van der Waals surface area contributed by atoms with E-state index in [1.807, 2.05) is 4.90 Å². The van der Waals surface area contributed by atoms with E-state index in [0.29, 0.717) is 10.6 Å². The number of benzene rings is 2. The van der Waals surface area contributed by atoms with Crippen LogP contribution in [-0.4, -0.2) is 47.7 Å². The summed E-state index contributed by atoms with van der Waals surface area (Å²) in [4.78, 5) is 31.8. The number of amidine groups is 1. The lowest BCUT2D eigenvalue weighted by Gasteiger charge is -2.33. The number of carbonyl (C=O) groups excluding carboxylic acids is 2. The van der Waals surface area contributed by atoms with Crippen LogP contribution in [0.15, 0.2) is 48.7 Å². The van der Waals surface area contributed by atoms with Crippen molar-refractivity contribution in [3.05, 3.63) is 81.2 Å². The minimum atomic E-state index is -0.802. The second-order valence-electron chi connectivity index (χ2n) is 7.68. The van der Waals surface area contributed by atoms with E-state index in [2.05, 4.69) is 15.6 Å². The third-order valence-corrected chi connectivity index (χ3v) is 5.84. The Kier molecular flexibility index (Phi) is 7.18. The van der Waals surface area contributed by atoms with E-state index in [1.54, 1.807) is 6.07 Å². The fraction of sp³-hybridized carbons (Fsp3) is 0.167. The number of hydrogen-bond donors (Lipinski definition) is 3. The van der Waals surface area contributed by atoms with Crippen molar-refractivity contribution in [3.63, 3.8) is 0 Å². The Morgan fingerprint density at radius 3 is 2.37 bits per heavy atom. The number of rotatable bonds is 6. The summed E-state index contributed by atoms with van der Waals surface area (Å²) in [6.07, 6.45) is 2.35. The average Bonchev–Trinajstić information content (AvgIpc) is 2.79. The van der Waals surface area contributed by atoms with Gasteiger partial charge in [0.25, 0.3) is 11.8 Å². The third-order valence-electron chi connectivity index (χ3n) is 5.40. The zero-order chi connectivity index (χ0) is 25.1. The van der Waals surface area contributed by atoms with Crippen LogP contribution in [-0.2, 0) is 0 Å². The summed E-state index contributed by atoms with van der Waals surface area (Å²) < 4.78 is 20.2. The first-order valence-electron chi connectivity index (χ1n) is 10.5. The molecule has 4 rings (SSSR count). The average molecular weight is 516 g/mol. The van der Waals surface area contributed by atoms with Gasteiger partial charge in [-0.25, -0.2) is 9.37 Å². The van der Waals surface area contributed by atoms with E-state index >= 15 is 0 Å². The molecule has 1 aliphatic heterocycles. The number of methoxy groups -OCH3 is 1. The predicted molar refractivity (Wildman–Crippen MR) is 133 cm³/mol. The van der Waals surface area contributed by atoms with Gasteiger partial charge >= 0.3 is 0 Å². The Morgan fingerprint density at radius 1 is 1.03 bits per heavy atom. The smallest absolute Gasteiger partial charge is 0.259 e. The number of carbonyl (C=O) groups is 2. The highest BCUT2D eigenvalue weighted by Crippen LogP contribution is 2.33. The van der Waals surface area contributed by atoms with Gasteiger partial charge in [-0.1, -0.05) is 29.3 Å². The molecule has 0 saturated carbocycles. The van der Waals surface area contributed by atoms with Crippen LogP contribution in [0.25, 0.3) is 0 Å². The van der Waals surface area contributed by atoms with Crippen LogP contribution in [0, 0.1) is 11.2 Å². The van der Waals surface area contributed by atoms with Crippen LogP contribution in [0.2, 0.25) is 10.0 Å². The SMILES string of the molecule is COc1cc(Cl)cc(C(=O)Nc2ccc(Cl)cn2)c1NC(=O)c1ccc(C(=N)N2CCC2)cc1F. The van der Waals surface area contributed by atoms with Crippen molar-refractivity contribution < 1.29 is 18.7 Å². The molecule has 3 N–H and O–H groups in total. The quantitative estimate of drug-likeness (QED) is 0.313. The monoisotopic (exact) mass is 515 g/mol. The standard InChI is InChI=1S/C24H20Cl2FN5O3/c1-35-19-11-15(26)10-17(24(34)30-20-6-4-14(25)12-29-20)21(19)31-23(33)16-5-3-13(9-18(16)27)22(28)32-7-2-8-32/h3-6,9-12,28H,2,7-8H2,1H3,(H,31,33)(H,29,30,34). The molecule has 1 aliphatic rings. The summed E-state index contributed by atoms with van der Waals surface area (Å²) >= 11 is 12.0. The molecule has 2 heterocycles. The summed E-state index contributed by atoms with van der Waals surface area (Å²) in [7, 11) is 1.35. The van der Waals surface area contributed by atoms with Crippen molar-refractivity contribution in [2.24, 2.45) is 0 Å². The fourth-order valence-electron chi connectivity index (χ4n) is 3.43. The molecule has 1 saturated heterocycles. The van der Waals surface area contributed by atoms with Crippen molar-refractivity contribution in [1.82, 2.24) is 9.88 Å². The lowest BCUT2D eigenvalue weighted by molar-refractivity contribution is 0.102. The zero-order valence-corrected chi connectivity index (χ0v) is 20.0. The summed E-state index contributed by atoms with van der Waals surface area (Å²) in [6.45, 7) is 1.49. The number of halogens is 3. The molecule has 35 heavy (non-hydrogen) atoms. The first-order chi connectivity index (χ1) is 16.8. The Labute approximate surface area is 210 Å². The molecule has 0 atom stereocenters. The van der Waals surface area contributed by atoms with Crippen LogP contribution in [0.4, 0.5) is 15.9 Å². The Balaban J connectivity index is 1.61. The highest BCUT2D eigenvalue weighted by molar-refractivity contribution is 6.32. The van der Waals surface area contributed by atoms with E-state index in [-0.39, 0.29) is 39.2 Å². The van der Waals surface area contributed by atoms with Crippen LogP contribution in [0.1, 0.15) is 32.7 Å². The zero-order valence-electron chi connectivity index (χ0n) is 18.5. The number of pyridine rings is 1. The lowest BCUT2D eigenvalue weighted by atomic mass is 10.1. The molecule has 2 aromatic carbocycles. The van der Waals surface area contributed by atoms with Crippen molar-refractivity contribution in [1.29, 1.82) is 5.41 Å². The van der Waals surface area contributed by atoms with Crippen LogP contribution >= 0.6 is 23.2 Å². The molecule has 0 aliphatic carbocycles. The van der Waals surface area contributed by atoms with Crippen molar-refractivity contribution in [2.45, 2.75) is 6.42 Å². The van der Waals surface area contributed by atoms with Gasteiger partial charge in [0.2, 0.25) is 0 Å². The number of nitrogens with one attached hydrogen (secondary N) is 3. The molecule has 180 valence electrons. The highest BCUT2D eigenvalue weighted by atomic mass is 35.5. The van der Waals surface area contributed by atoms with Gasteiger partial charge in [0.15, 0.2) is 0 Å². The Morgan fingerprint density at radius 2 is 1.77 bits per heavy atom. The van der Waals surface area contributed by atoms with E-state index < -0.39 is 17.6 Å². The van der Waals surface area contributed by atoms with Crippen molar-refractivity contribution in [2.75, 3.05) is 30.8 Å². The first kappa shape index (κ1) is 24.4. The van der Waals surface area contributed by atoms with E-state index in [0.717, 1.165) is 25.6 Å². The minimum absolute atomic E-state index is 0.00478. The van der Waals surface area contributed by atoms with Gasteiger partial charge in [-0.3, -0.25) is 15.0 Å². The number of anilines is 2. The van der Waals surface area contributed by atoms with Crippen molar-refractivity contribution in [3.8, 4) is 5.75 Å². The number of aromatic nitrogens is 1. The fourth-order valence-corrected chi connectivity index (χ4v) is 3.75. The Hall–Kier alpha value is -3.69. The molecule has 1 aromatic heterocycles. The predicted octanol–water partition coefficient (Wildman–Crippen LogP) is 5.07. The van der Waals surface area contributed by atoms with Gasteiger partial charge in [0.1, 0.15) is 23.2 Å². The normalized spacial score (nSPS) is 12.5. The molecule has 2 amide bonds. The third kappa shape index (κ3) is 5.36. The van der Waals surface area contributed by atoms with Gasteiger partial charge in [0, 0.05) is 35.9 Å². The van der Waals surface area contributed by atoms with Gasteiger partial charge in [-0.15, -0.1) is 0 Å². The maximum Gasteiger partial charge on any atom is 0.259 e. The molecular weight excluding hydrogens is 496 g/mol. The molecular formula is C24H20Cl2FN5O3. The van der Waals surface area contributed by atoms with Gasteiger partial charge in [-0.05, 0) is 36.8 Å². The molecule has 11 heteroatoms. The number of likely N-dealkylation sites (tertiary alicyclic amines) is 1. The minimum Gasteiger partial charge on any atom is -0.494 e.